The highest BCUT2D eigenvalue weighted by Crippen LogP contribution is 2.33. The molecule has 4 rings (SSSR count). The van der Waals surface area contributed by atoms with Crippen molar-refractivity contribution >= 4 is 39.0 Å². The van der Waals surface area contributed by atoms with Crippen LogP contribution in [0.2, 0.25) is 5.15 Å². The highest BCUT2D eigenvalue weighted by Gasteiger charge is 2.33. The van der Waals surface area contributed by atoms with Gasteiger partial charge in [0.1, 0.15) is 16.7 Å². The van der Waals surface area contributed by atoms with Crippen molar-refractivity contribution in [2.24, 2.45) is 0 Å². The van der Waals surface area contributed by atoms with Crippen LogP contribution in [0.5, 0.6) is 5.75 Å². The highest BCUT2D eigenvalue weighted by molar-refractivity contribution is 7.89. The van der Waals surface area contributed by atoms with E-state index in [9.17, 15) is 26.4 Å². The van der Waals surface area contributed by atoms with Crippen molar-refractivity contribution in [3.63, 3.8) is 0 Å². The summed E-state index contributed by atoms with van der Waals surface area (Å²) in [5.74, 6) is 0.183. The van der Waals surface area contributed by atoms with Crippen LogP contribution in [-0.2, 0) is 16.2 Å². The number of benzene rings is 2. The molecule has 13 heteroatoms. The van der Waals surface area contributed by atoms with Crippen LogP contribution in [0.4, 0.5) is 24.7 Å². The summed E-state index contributed by atoms with van der Waals surface area (Å²) in [5.41, 5.74) is -0.134. The van der Waals surface area contributed by atoms with Gasteiger partial charge < -0.3 is 15.0 Å². The van der Waals surface area contributed by atoms with Gasteiger partial charge in [0, 0.05) is 37.4 Å². The van der Waals surface area contributed by atoms with Gasteiger partial charge in [0.05, 0.1) is 17.6 Å². The van der Waals surface area contributed by atoms with E-state index in [2.05, 4.69) is 10.3 Å². The Morgan fingerprint density at radius 1 is 1.03 bits per heavy atom. The third-order valence-corrected chi connectivity index (χ3v) is 7.86. The Morgan fingerprint density at radius 2 is 1.70 bits per heavy atom. The standard InChI is InChI=1S/C24H22ClF3N4O4S/c1-36-19-4-2-3-16(13-19)23(33)29-18-5-7-20(8-6-18)37(34,35)32-11-9-31(10-12-32)22-15-17(24(26,27)28)14-21(25)30-22/h2-8,13-15H,9-12H2,1H3,(H,29,33). The molecule has 37 heavy (non-hydrogen) atoms. The average Bonchev–Trinajstić information content (AvgIpc) is 2.88. The zero-order chi connectivity index (χ0) is 26.8. The van der Waals surface area contributed by atoms with Gasteiger partial charge in [-0.15, -0.1) is 0 Å². The summed E-state index contributed by atoms with van der Waals surface area (Å²) in [4.78, 5) is 18.0. The van der Waals surface area contributed by atoms with Crippen LogP contribution in [-0.4, -0.2) is 56.9 Å². The molecule has 1 aliphatic rings. The number of halogens is 4. The van der Waals surface area contributed by atoms with Crippen LogP contribution in [0.3, 0.4) is 0 Å². The number of aromatic nitrogens is 1. The van der Waals surface area contributed by atoms with Crippen LogP contribution in [0.25, 0.3) is 0 Å². The van der Waals surface area contributed by atoms with Gasteiger partial charge in [-0.25, -0.2) is 13.4 Å². The Bertz CT molecular complexity index is 1390. The number of carbonyl (C=O) groups is 1. The van der Waals surface area contributed by atoms with Crippen LogP contribution >= 0.6 is 11.6 Å². The predicted molar refractivity (Wildman–Crippen MR) is 133 cm³/mol. The first kappa shape index (κ1) is 26.7. The lowest BCUT2D eigenvalue weighted by Crippen LogP contribution is -2.49. The number of hydrogen-bond acceptors (Lipinski definition) is 6. The largest absolute Gasteiger partial charge is 0.497 e. The van der Waals surface area contributed by atoms with Crippen LogP contribution in [0.1, 0.15) is 15.9 Å². The van der Waals surface area contributed by atoms with E-state index in [0.29, 0.717) is 17.0 Å². The quantitative estimate of drug-likeness (QED) is 0.450. The first-order valence-corrected chi connectivity index (χ1v) is 12.8. The Labute approximate surface area is 216 Å². The van der Waals surface area contributed by atoms with E-state index in [1.807, 2.05) is 0 Å². The topological polar surface area (TPSA) is 91.8 Å². The summed E-state index contributed by atoms with van der Waals surface area (Å²) in [6, 6.07) is 14.0. The molecule has 2 aromatic carbocycles. The Morgan fingerprint density at radius 3 is 2.32 bits per heavy atom. The fourth-order valence-electron chi connectivity index (χ4n) is 3.79. The molecule has 1 amide bonds. The number of sulfonamides is 1. The number of ether oxygens (including phenoxy) is 1. The van der Waals surface area contributed by atoms with E-state index in [1.165, 1.54) is 35.7 Å². The third-order valence-electron chi connectivity index (χ3n) is 5.75. The fraction of sp³-hybridized carbons (Fsp3) is 0.250. The molecule has 1 saturated heterocycles. The molecule has 0 radical (unpaired) electrons. The molecule has 8 nitrogen and oxygen atoms in total. The molecule has 0 saturated carbocycles. The highest BCUT2D eigenvalue weighted by atomic mass is 35.5. The lowest BCUT2D eigenvalue weighted by Gasteiger charge is -2.35. The first-order chi connectivity index (χ1) is 17.5. The normalized spacial score (nSPS) is 14.9. The second-order valence-electron chi connectivity index (χ2n) is 8.14. The van der Waals surface area contributed by atoms with Gasteiger partial charge in [0.25, 0.3) is 5.91 Å². The van der Waals surface area contributed by atoms with Crippen molar-refractivity contribution in [1.82, 2.24) is 9.29 Å². The molecule has 1 fully saturated rings. The minimum atomic E-state index is -4.58. The van der Waals surface area contributed by atoms with Gasteiger partial charge >= 0.3 is 6.18 Å². The number of rotatable bonds is 6. The number of alkyl halides is 3. The van der Waals surface area contributed by atoms with Gasteiger partial charge in [-0.1, -0.05) is 17.7 Å². The SMILES string of the molecule is COc1cccc(C(=O)Nc2ccc(S(=O)(=O)N3CCN(c4cc(C(F)(F)F)cc(Cl)n4)CC3)cc2)c1. The molecule has 0 bridgehead atoms. The molecular weight excluding hydrogens is 533 g/mol. The fourth-order valence-corrected chi connectivity index (χ4v) is 5.42. The van der Waals surface area contributed by atoms with Gasteiger partial charge in [0.2, 0.25) is 10.0 Å². The Balaban J connectivity index is 1.41. The number of pyridine rings is 1. The molecule has 2 heterocycles. The van der Waals surface area contributed by atoms with Gasteiger partial charge in [-0.2, -0.15) is 17.5 Å². The van der Waals surface area contributed by atoms with Crippen molar-refractivity contribution in [1.29, 1.82) is 0 Å². The first-order valence-electron chi connectivity index (χ1n) is 11.0. The number of piperazine rings is 1. The van der Waals surface area contributed by atoms with Crippen LogP contribution in [0, 0.1) is 0 Å². The maximum absolute atomic E-state index is 13.1. The maximum atomic E-state index is 13.1. The van der Waals surface area contributed by atoms with E-state index < -0.39 is 21.8 Å². The van der Waals surface area contributed by atoms with E-state index in [4.69, 9.17) is 16.3 Å². The second-order valence-corrected chi connectivity index (χ2v) is 10.5. The van der Waals surface area contributed by atoms with E-state index in [-0.39, 0.29) is 48.0 Å². The molecule has 0 spiro atoms. The van der Waals surface area contributed by atoms with Crippen molar-refractivity contribution in [3.8, 4) is 5.75 Å². The minimum absolute atomic E-state index is 0.0283. The van der Waals surface area contributed by atoms with E-state index in [1.54, 1.807) is 29.2 Å². The summed E-state index contributed by atoms with van der Waals surface area (Å²) in [6.45, 7) is 0.371. The van der Waals surface area contributed by atoms with E-state index >= 15 is 0 Å². The van der Waals surface area contributed by atoms with Crippen molar-refractivity contribution < 1.29 is 31.1 Å². The zero-order valence-electron chi connectivity index (χ0n) is 19.5. The maximum Gasteiger partial charge on any atom is 0.416 e. The summed E-state index contributed by atoms with van der Waals surface area (Å²) in [7, 11) is -2.37. The summed E-state index contributed by atoms with van der Waals surface area (Å²) in [5, 5.41) is 2.41. The summed E-state index contributed by atoms with van der Waals surface area (Å²) in [6.07, 6.45) is -4.58. The summed E-state index contributed by atoms with van der Waals surface area (Å²) >= 11 is 5.77. The van der Waals surface area contributed by atoms with Crippen LogP contribution in [0.15, 0.2) is 65.6 Å². The zero-order valence-corrected chi connectivity index (χ0v) is 21.1. The third kappa shape index (κ3) is 6.14. The number of amides is 1. The molecule has 3 aromatic rings. The molecule has 1 aliphatic heterocycles. The van der Waals surface area contributed by atoms with E-state index in [0.717, 1.165) is 12.1 Å². The number of carbonyl (C=O) groups excluding carboxylic acids is 1. The van der Waals surface area contributed by atoms with Gasteiger partial charge in [-0.05, 0) is 54.6 Å². The summed E-state index contributed by atoms with van der Waals surface area (Å²) < 4.78 is 71.9. The monoisotopic (exact) mass is 554 g/mol. The molecule has 196 valence electrons. The Hall–Kier alpha value is -3.35. The second kappa shape index (κ2) is 10.6. The number of nitrogens with one attached hydrogen (secondary N) is 1. The molecule has 1 N–H and O–H groups in total. The smallest absolute Gasteiger partial charge is 0.416 e. The van der Waals surface area contributed by atoms with Gasteiger partial charge in [0.15, 0.2) is 0 Å². The average molecular weight is 555 g/mol. The molecular formula is C24H22ClF3N4O4S. The lowest BCUT2D eigenvalue weighted by molar-refractivity contribution is -0.137. The number of methoxy groups -OCH3 is 1. The van der Waals surface area contributed by atoms with Crippen molar-refractivity contribution in [3.05, 3.63) is 76.9 Å². The molecule has 1 aromatic heterocycles. The minimum Gasteiger partial charge on any atom is -0.497 e. The molecule has 0 atom stereocenters. The number of nitrogens with zero attached hydrogens (tertiary/aromatic N) is 3. The number of hydrogen-bond donors (Lipinski definition) is 1. The van der Waals surface area contributed by atoms with Crippen molar-refractivity contribution in [2.45, 2.75) is 11.1 Å². The molecule has 0 aliphatic carbocycles. The predicted octanol–water partition coefficient (Wildman–Crippen LogP) is 4.53. The number of anilines is 2. The van der Waals surface area contributed by atoms with Gasteiger partial charge in [-0.3, -0.25) is 4.79 Å². The molecule has 0 unspecified atom stereocenters. The van der Waals surface area contributed by atoms with Crippen LogP contribution < -0.4 is 15.0 Å². The Kier molecular flexibility index (Phi) is 7.62. The lowest BCUT2D eigenvalue weighted by atomic mass is 10.2. The van der Waals surface area contributed by atoms with Crippen molar-refractivity contribution in [2.75, 3.05) is 43.5 Å².